The largest absolute Gasteiger partial charge is 0.508 e. The summed E-state index contributed by atoms with van der Waals surface area (Å²) >= 11 is 0. The molecule has 0 aliphatic heterocycles. The van der Waals surface area contributed by atoms with Gasteiger partial charge in [-0.25, -0.2) is 0 Å². The average Bonchev–Trinajstić information content (AvgIpc) is 2.49. The van der Waals surface area contributed by atoms with Crippen LogP contribution in [0.15, 0.2) is 48.5 Å². The van der Waals surface area contributed by atoms with Crippen LogP contribution >= 0.6 is 0 Å². The fraction of sp³-hybridized carbons (Fsp3) is 0.333. The molecular weight excluding hydrogens is 246 g/mol. The van der Waals surface area contributed by atoms with E-state index in [0.717, 1.165) is 12.8 Å². The number of anilines is 1. The van der Waals surface area contributed by atoms with Crippen molar-refractivity contribution in [3.8, 4) is 5.75 Å². The minimum absolute atomic E-state index is 0.324. The Balaban J connectivity index is 2.03. The number of phenols is 1. The fourth-order valence-electron chi connectivity index (χ4n) is 2.33. The van der Waals surface area contributed by atoms with Crippen LogP contribution in [0.3, 0.4) is 0 Å². The molecule has 2 aromatic carbocycles. The molecule has 0 heterocycles. The van der Waals surface area contributed by atoms with Crippen molar-refractivity contribution < 1.29 is 5.11 Å². The van der Waals surface area contributed by atoms with Crippen LogP contribution in [0.25, 0.3) is 0 Å². The molecule has 0 radical (unpaired) electrons. The summed E-state index contributed by atoms with van der Waals surface area (Å²) in [4.78, 5) is 2.30. The number of likely N-dealkylation sites (N-methyl/N-ethyl adjacent to an activating group) is 1. The van der Waals surface area contributed by atoms with Gasteiger partial charge in [0.2, 0.25) is 0 Å². The SMILES string of the molecule is CCc1ccc(N(C)C(C)Cc2ccc(O)cc2)cc1. The van der Waals surface area contributed by atoms with Crippen molar-refractivity contribution >= 4 is 5.69 Å². The summed E-state index contributed by atoms with van der Waals surface area (Å²) in [5.74, 6) is 0.324. The van der Waals surface area contributed by atoms with Crippen molar-refractivity contribution in [2.24, 2.45) is 0 Å². The normalized spacial score (nSPS) is 12.2. The molecule has 0 saturated carbocycles. The molecule has 2 rings (SSSR count). The third kappa shape index (κ3) is 3.53. The highest BCUT2D eigenvalue weighted by Gasteiger charge is 2.10. The van der Waals surface area contributed by atoms with Crippen molar-refractivity contribution in [3.63, 3.8) is 0 Å². The molecule has 2 heteroatoms. The van der Waals surface area contributed by atoms with Gasteiger partial charge in [-0.2, -0.15) is 0 Å². The van der Waals surface area contributed by atoms with Crippen LogP contribution in [0.4, 0.5) is 5.69 Å². The minimum atomic E-state index is 0.324. The maximum absolute atomic E-state index is 9.32. The van der Waals surface area contributed by atoms with Crippen LogP contribution in [0.5, 0.6) is 5.75 Å². The Morgan fingerprint density at radius 2 is 1.50 bits per heavy atom. The second-order valence-electron chi connectivity index (χ2n) is 5.35. The number of hydrogen-bond donors (Lipinski definition) is 1. The van der Waals surface area contributed by atoms with E-state index < -0.39 is 0 Å². The van der Waals surface area contributed by atoms with Crippen LogP contribution < -0.4 is 4.90 Å². The van der Waals surface area contributed by atoms with E-state index in [-0.39, 0.29) is 0 Å². The molecule has 2 aromatic rings. The maximum Gasteiger partial charge on any atom is 0.115 e. The van der Waals surface area contributed by atoms with Crippen molar-refractivity contribution in [1.29, 1.82) is 0 Å². The van der Waals surface area contributed by atoms with Crippen molar-refractivity contribution in [3.05, 3.63) is 59.7 Å². The topological polar surface area (TPSA) is 23.5 Å². The van der Waals surface area contributed by atoms with E-state index in [9.17, 15) is 5.11 Å². The molecule has 0 saturated heterocycles. The molecule has 0 aliphatic rings. The first-order chi connectivity index (χ1) is 9.60. The first-order valence-corrected chi connectivity index (χ1v) is 7.20. The Morgan fingerprint density at radius 1 is 0.950 bits per heavy atom. The number of aryl methyl sites for hydroxylation is 1. The molecule has 20 heavy (non-hydrogen) atoms. The number of aromatic hydroxyl groups is 1. The summed E-state index contributed by atoms with van der Waals surface area (Å²) in [6.45, 7) is 4.40. The molecule has 0 aliphatic carbocycles. The Bertz CT molecular complexity index is 530. The minimum Gasteiger partial charge on any atom is -0.508 e. The lowest BCUT2D eigenvalue weighted by molar-refractivity contribution is 0.475. The van der Waals surface area contributed by atoms with Crippen LogP contribution in [0, 0.1) is 0 Å². The molecule has 0 amide bonds. The molecule has 0 bridgehead atoms. The van der Waals surface area contributed by atoms with Crippen molar-refractivity contribution in [1.82, 2.24) is 0 Å². The fourth-order valence-corrected chi connectivity index (χ4v) is 2.33. The quantitative estimate of drug-likeness (QED) is 0.886. The molecule has 2 nitrogen and oxygen atoms in total. The number of rotatable bonds is 5. The van der Waals surface area contributed by atoms with Gasteiger partial charge in [-0.05, 0) is 55.2 Å². The second kappa shape index (κ2) is 6.47. The molecular formula is C18H23NO. The van der Waals surface area contributed by atoms with Gasteiger partial charge in [-0.15, -0.1) is 0 Å². The van der Waals surface area contributed by atoms with Crippen LogP contribution in [0.2, 0.25) is 0 Å². The zero-order chi connectivity index (χ0) is 14.5. The van der Waals surface area contributed by atoms with Crippen molar-refractivity contribution in [2.45, 2.75) is 32.7 Å². The van der Waals surface area contributed by atoms with Gasteiger partial charge in [0.1, 0.15) is 5.75 Å². The monoisotopic (exact) mass is 269 g/mol. The van der Waals surface area contributed by atoms with E-state index in [1.54, 1.807) is 12.1 Å². The van der Waals surface area contributed by atoms with E-state index in [1.165, 1.54) is 16.8 Å². The third-order valence-electron chi connectivity index (χ3n) is 3.88. The summed E-state index contributed by atoms with van der Waals surface area (Å²) in [7, 11) is 2.13. The molecule has 1 unspecified atom stereocenters. The number of benzene rings is 2. The number of phenolic OH excluding ortho intramolecular Hbond substituents is 1. The Labute approximate surface area is 121 Å². The van der Waals surface area contributed by atoms with Gasteiger partial charge in [0.15, 0.2) is 0 Å². The first-order valence-electron chi connectivity index (χ1n) is 7.20. The van der Waals surface area contributed by atoms with Crippen LogP contribution in [0.1, 0.15) is 25.0 Å². The van der Waals surface area contributed by atoms with Gasteiger partial charge < -0.3 is 10.0 Å². The molecule has 0 spiro atoms. The average molecular weight is 269 g/mol. The van der Waals surface area contributed by atoms with E-state index in [2.05, 4.69) is 50.1 Å². The molecule has 0 aromatic heterocycles. The van der Waals surface area contributed by atoms with E-state index in [4.69, 9.17) is 0 Å². The Morgan fingerprint density at radius 3 is 2.05 bits per heavy atom. The molecule has 1 atom stereocenters. The highest BCUT2D eigenvalue weighted by molar-refractivity contribution is 5.48. The van der Waals surface area contributed by atoms with E-state index in [1.807, 2.05) is 12.1 Å². The van der Waals surface area contributed by atoms with Gasteiger partial charge in [-0.3, -0.25) is 0 Å². The lowest BCUT2D eigenvalue weighted by Crippen LogP contribution is -2.30. The zero-order valence-corrected chi connectivity index (χ0v) is 12.5. The summed E-state index contributed by atoms with van der Waals surface area (Å²) in [6, 6.07) is 16.6. The van der Waals surface area contributed by atoms with Gasteiger partial charge in [0.05, 0.1) is 0 Å². The summed E-state index contributed by atoms with van der Waals surface area (Å²) in [5, 5.41) is 9.32. The summed E-state index contributed by atoms with van der Waals surface area (Å²) in [6.07, 6.45) is 2.04. The number of nitrogens with zero attached hydrogens (tertiary/aromatic N) is 1. The van der Waals surface area contributed by atoms with Gasteiger partial charge in [0, 0.05) is 18.8 Å². The molecule has 1 N–H and O–H groups in total. The third-order valence-corrected chi connectivity index (χ3v) is 3.88. The predicted octanol–water partition coefficient (Wildman–Crippen LogP) is 4.02. The smallest absolute Gasteiger partial charge is 0.115 e. The van der Waals surface area contributed by atoms with Gasteiger partial charge in [-0.1, -0.05) is 31.2 Å². The van der Waals surface area contributed by atoms with Gasteiger partial charge in [0.25, 0.3) is 0 Å². The lowest BCUT2D eigenvalue weighted by atomic mass is 10.1. The van der Waals surface area contributed by atoms with Crippen LogP contribution in [-0.4, -0.2) is 18.2 Å². The Kier molecular flexibility index (Phi) is 4.67. The highest BCUT2D eigenvalue weighted by atomic mass is 16.3. The van der Waals surface area contributed by atoms with E-state index in [0.29, 0.717) is 11.8 Å². The highest BCUT2D eigenvalue weighted by Crippen LogP contribution is 2.19. The van der Waals surface area contributed by atoms with Crippen molar-refractivity contribution in [2.75, 3.05) is 11.9 Å². The standard InChI is InChI=1S/C18H23NO/c1-4-15-5-9-17(10-6-15)19(3)14(2)13-16-7-11-18(20)12-8-16/h5-12,14,20H,4,13H2,1-3H3. The summed E-state index contributed by atoms with van der Waals surface area (Å²) in [5.41, 5.74) is 3.86. The zero-order valence-electron chi connectivity index (χ0n) is 12.5. The lowest BCUT2D eigenvalue weighted by Gasteiger charge is -2.27. The molecule has 0 fully saturated rings. The van der Waals surface area contributed by atoms with Gasteiger partial charge >= 0.3 is 0 Å². The maximum atomic E-state index is 9.32. The van der Waals surface area contributed by atoms with Crippen LogP contribution in [-0.2, 0) is 12.8 Å². The molecule has 106 valence electrons. The predicted molar refractivity (Wildman–Crippen MR) is 85.5 cm³/mol. The van der Waals surface area contributed by atoms with E-state index >= 15 is 0 Å². The first kappa shape index (κ1) is 14.4. The number of hydrogen-bond acceptors (Lipinski definition) is 2. The summed E-state index contributed by atoms with van der Waals surface area (Å²) < 4.78 is 0. The second-order valence-corrected chi connectivity index (χ2v) is 5.35. The Hall–Kier alpha value is -1.96.